The molecule has 1 amide bonds. The Balaban J connectivity index is 1.64. The van der Waals surface area contributed by atoms with Crippen molar-refractivity contribution in [3.8, 4) is 0 Å². The number of carbonyl (C=O) groups excluding carboxylic acids is 1. The number of hydrogen-bond acceptors (Lipinski definition) is 2. The predicted octanol–water partition coefficient (Wildman–Crippen LogP) is 2.36. The second-order valence-corrected chi connectivity index (χ2v) is 5.61. The molecule has 108 valence electrons. The van der Waals surface area contributed by atoms with Crippen molar-refractivity contribution in [2.75, 3.05) is 0 Å². The van der Waals surface area contributed by atoms with E-state index in [2.05, 4.69) is 29.6 Å². The van der Waals surface area contributed by atoms with Crippen molar-refractivity contribution in [1.82, 2.24) is 5.32 Å². The average molecular weight is 280 g/mol. The molecular weight excluding hydrogens is 260 g/mol. The Kier molecular flexibility index (Phi) is 4.02. The fraction of sp³-hybridized carbons (Fsp3) is 0.278. The van der Waals surface area contributed by atoms with Crippen LogP contribution in [0.25, 0.3) is 0 Å². The zero-order valence-electron chi connectivity index (χ0n) is 12.0. The lowest BCUT2D eigenvalue weighted by molar-refractivity contribution is -0.123. The van der Waals surface area contributed by atoms with E-state index < -0.39 is 6.04 Å². The van der Waals surface area contributed by atoms with E-state index in [-0.39, 0.29) is 11.9 Å². The highest BCUT2D eigenvalue weighted by Crippen LogP contribution is 2.21. The molecule has 0 radical (unpaired) electrons. The number of carbonyl (C=O) groups is 1. The van der Waals surface area contributed by atoms with Crippen LogP contribution < -0.4 is 11.1 Å². The van der Waals surface area contributed by atoms with Gasteiger partial charge in [0.2, 0.25) is 5.91 Å². The maximum atomic E-state index is 12.3. The van der Waals surface area contributed by atoms with Crippen molar-refractivity contribution >= 4 is 5.91 Å². The first-order valence-corrected chi connectivity index (χ1v) is 7.42. The van der Waals surface area contributed by atoms with Crippen LogP contribution in [0.1, 0.15) is 29.2 Å². The fourth-order valence-corrected chi connectivity index (χ4v) is 2.92. The van der Waals surface area contributed by atoms with Gasteiger partial charge in [0.1, 0.15) is 6.04 Å². The van der Waals surface area contributed by atoms with Crippen LogP contribution in [0.2, 0.25) is 0 Å². The van der Waals surface area contributed by atoms with Gasteiger partial charge in [-0.2, -0.15) is 0 Å². The molecule has 21 heavy (non-hydrogen) atoms. The monoisotopic (exact) mass is 280 g/mol. The number of fused-ring (bicyclic) bond motifs is 1. The lowest BCUT2D eigenvalue weighted by Gasteiger charge is -2.26. The lowest BCUT2D eigenvalue weighted by Crippen LogP contribution is -2.43. The zero-order valence-corrected chi connectivity index (χ0v) is 12.0. The van der Waals surface area contributed by atoms with Gasteiger partial charge < -0.3 is 11.1 Å². The third kappa shape index (κ3) is 3.14. The van der Waals surface area contributed by atoms with Crippen LogP contribution in [0.4, 0.5) is 0 Å². The molecule has 2 aromatic rings. The summed E-state index contributed by atoms with van der Waals surface area (Å²) in [5, 5.41) is 3.09. The molecule has 1 aliphatic rings. The molecule has 0 spiro atoms. The van der Waals surface area contributed by atoms with E-state index in [1.807, 2.05) is 30.3 Å². The molecule has 0 aromatic heterocycles. The van der Waals surface area contributed by atoms with Crippen LogP contribution in [0.5, 0.6) is 0 Å². The molecule has 3 nitrogen and oxygen atoms in total. The number of rotatable bonds is 3. The third-order valence-corrected chi connectivity index (χ3v) is 4.13. The Morgan fingerprint density at radius 1 is 1.05 bits per heavy atom. The molecule has 1 unspecified atom stereocenters. The molecule has 3 heteroatoms. The SMILES string of the molecule is N[C@H](C(=O)NC1CCc2ccccc2C1)c1ccccc1. The van der Waals surface area contributed by atoms with E-state index in [0.717, 1.165) is 24.8 Å². The van der Waals surface area contributed by atoms with E-state index in [1.165, 1.54) is 11.1 Å². The number of amides is 1. The summed E-state index contributed by atoms with van der Waals surface area (Å²) in [4.78, 5) is 12.3. The van der Waals surface area contributed by atoms with Gasteiger partial charge in [0.05, 0.1) is 0 Å². The summed E-state index contributed by atoms with van der Waals surface area (Å²) in [5.41, 5.74) is 9.63. The van der Waals surface area contributed by atoms with Crippen molar-refractivity contribution < 1.29 is 4.79 Å². The molecule has 0 saturated carbocycles. The second-order valence-electron chi connectivity index (χ2n) is 5.61. The minimum atomic E-state index is -0.594. The maximum absolute atomic E-state index is 12.3. The minimum absolute atomic E-state index is 0.0921. The second kappa shape index (κ2) is 6.10. The van der Waals surface area contributed by atoms with Crippen LogP contribution in [0.15, 0.2) is 54.6 Å². The number of hydrogen-bond donors (Lipinski definition) is 2. The van der Waals surface area contributed by atoms with Gasteiger partial charge in [-0.05, 0) is 36.0 Å². The summed E-state index contributed by atoms with van der Waals surface area (Å²) in [6.45, 7) is 0. The van der Waals surface area contributed by atoms with E-state index in [1.54, 1.807) is 0 Å². The van der Waals surface area contributed by atoms with Crippen LogP contribution >= 0.6 is 0 Å². The fourth-order valence-electron chi connectivity index (χ4n) is 2.92. The van der Waals surface area contributed by atoms with Crippen molar-refractivity contribution in [3.63, 3.8) is 0 Å². The summed E-state index contributed by atoms with van der Waals surface area (Å²) in [6.07, 6.45) is 2.88. The van der Waals surface area contributed by atoms with E-state index in [9.17, 15) is 4.79 Å². The van der Waals surface area contributed by atoms with Crippen LogP contribution in [-0.2, 0) is 17.6 Å². The number of aryl methyl sites for hydroxylation is 1. The predicted molar refractivity (Wildman–Crippen MR) is 83.8 cm³/mol. The summed E-state index contributed by atoms with van der Waals surface area (Å²) >= 11 is 0. The normalized spacial score (nSPS) is 18.6. The topological polar surface area (TPSA) is 55.1 Å². The Morgan fingerprint density at radius 3 is 2.48 bits per heavy atom. The highest BCUT2D eigenvalue weighted by molar-refractivity contribution is 5.83. The molecule has 1 aliphatic carbocycles. The first kappa shape index (κ1) is 13.8. The first-order valence-electron chi connectivity index (χ1n) is 7.42. The standard InChI is InChI=1S/C18H20N2O/c19-17(14-7-2-1-3-8-14)18(21)20-16-11-10-13-6-4-5-9-15(13)12-16/h1-9,16-17H,10-12,19H2,(H,20,21)/t16?,17-/m0/s1. The molecule has 3 N–H and O–H groups in total. The summed E-state index contributed by atoms with van der Waals surface area (Å²) in [6, 6.07) is 17.5. The van der Waals surface area contributed by atoms with Gasteiger partial charge in [-0.15, -0.1) is 0 Å². The quantitative estimate of drug-likeness (QED) is 0.907. The molecule has 3 rings (SSSR count). The Labute approximate surface area is 125 Å². The van der Waals surface area contributed by atoms with Crippen molar-refractivity contribution in [2.45, 2.75) is 31.3 Å². The molecular formula is C18H20N2O. The van der Waals surface area contributed by atoms with Gasteiger partial charge in [-0.3, -0.25) is 4.79 Å². The highest BCUT2D eigenvalue weighted by Gasteiger charge is 2.23. The molecule has 2 aromatic carbocycles. The largest absolute Gasteiger partial charge is 0.351 e. The maximum Gasteiger partial charge on any atom is 0.241 e. The van der Waals surface area contributed by atoms with Gasteiger partial charge in [-0.25, -0.2) is 0 Å². The Morgan fingerprint density at radius 2 is 1.71 bits per heavy atom. The van der Waals surface area contributed by atoms with E-state index >= 15 is 0 Å². The van der Waals surface area contributed by atoms with E-state index in [0.29, 0.717) is 0 Å². The molecule has 0 aliphatic heterocycles. The summed E-state index contributed by atoms with van der Waals surface area (Å²) in [7, 11) is 0. The van der Waals surface area contributed by atoms with Crippen LogP contribution in [0.3, 0.4) is 0 Å². The van der Waals surface area contributed by atoms with Gasteiger partial charge in [-0.1, -0.05) is 54.6 Å². The van der Waals surface area contributed by atoms with Crippen molar-refractivity contribution in [1.29, 1.82) is 0 Å². The number of nitrogens with two attached hydrogens (primary N) is 1. The molecule has 0 saturated heterocycles. The van der Waals surface area contributed by atoms with Gasteiger partial charge in [0.25, 0.3) is 0 Å². The Hall–Kier alpha value is -2.13. The number of nitrogens with one attached hydrogen (secondary N) is 1. The van der Waals surface area contributed by atoms with E-state index in [4.69, 9.17) is 5.73 Å². The average Bonchev–Trinajstić information content (AvgIpc) is 2.55. The first-order chi connectivity index (χ1) is 10.2. The zero-order chi connectivity index (χ0) is 14.7. The lowest BCUT2D eigenvalue weighted by atomic mass is 9.88. The van der Waals surface area contributed by atoms with Gasteiger partial charge in [0, 0.05) is 6.04 Å². The summed E-state index contributed by atoms with van der Waals surface area (Å²) < 4.78 is 0. The number of benzene rings is 2. The molecule has 0 bridgehead atoms. The van der Waals surface area contributed by atoms with Crippen molar-refractivity contribution in [2.24, 2.45) is 5.73 Å². The van der Waals surface area contributed by atoms with Crippen LogP contribution in [0, 0.1) is 0 Å². The van der Waals surface area contributed by atoms with Crippen LogP contribution in [-0.4, -0.2) is 11.9 Å². The minimum Gasteiger partial charge on any atom is -0.351 e. The molecule has 0 heterocycles. The van der Waals surface area contributed by atoms with Crippen molar-refractivity contribution in [3.05, 3.63) is 71.3 Å². The third-order valence-electron chi connectivity index (χ3n) is 4.13. The van der Waals surface area contributed by atoms with Gasteiger partial charge in [0.15, 0.2) is 0 Å². The van der Waals surface area contributed by atoms with Gasteiger partial charge >= 0.3 is 0 Å². The highest BCUT2D eigenvalue weighted by atomic mass is 16.2. The molecule has 2 atom stereocenters. The Bertz CT molecular complexity index is 624. The molecule has 0 fully saturated rings. The summed E-state index contributed by atoms with van der Waals surface area (Å²) in [5.74, 6) is -0.0921. The smallest absolute Gasteiger partial charge is 0.241 e.